The Bertz CT molecular complexity index is 626. The van der Waals surface area contributed by atoms with Crippen molar-refractivity contribution in [3.05, 3.63) is 58.3 Å². The second-order valence-corrected chi connectivity index (χ2v) is 7.40. The van der Waals surface area contributed by atoms with E-state index in [1.807, 2.05) is 28.5 Å². The molecule has 1 aromatic heterocycles. The first-order valence-corrected chi connectivity index (χ1v) is 9.08. The lowest BCUT2D eigenvalue weighted by atomic mass is 9.76. The summed E-state index contributed by atoms with van der Waals surface area (Å²) >= 11 is 1.49. The lowest BCUT2D eigenvalue weighted by Crippen LogP contribution is -2.48. The predicted octanol–water partition coefficient (Wildman–Crippen LogP) is 3.60. The second-order valence-electron chi connectivity index (χ2n) is 6.45. The molecule has 122 valence electrons. The van der Waals surface area contributed by atoms with E-state index in [1.54, 1.807) is 0 Å². The number of hydrogen-bond donors (Lipinski definition) is 1. The zero-order valence-electron chi connectivity index (χ0n) is 13.3. The second kappa shape index (κ2) is 7.28. The maximum absolute atomic E-state index is 12.6. The van der Waals surface area contributed by atoms with E-state index in [-0.39, 0.29) is 17.9 Å². The average molecular weight is 329 g/mol. The first-order valence-electron chi connectivity index (χ1n) is 8.20. The molecule has 1 amide bonds. The highest BCUT2D eigenvalue weighted by Gasteiger charge is 2.36. The molecule has 1 fully saturated rings. The van der Waals surface area contributed by atoms with Gasteiger partial charge in [0.15, 0.2) is 0 Å². The van der Waals surface area contributed by atoms with E-state index < -0.39 is 0 Å². The number of nitrogens with zero attached hydrogens (tertiary/aromatic N) is 1. The van der Waals surface area contributed by atoms with Crippen LogP contribution in [0, 0.1) is 5.41 Å². The predicted molar refractivity (Wildman–Crippen MR) is 93.7 cm³/mol. The summed E-state index contributed by atoms with van der Waals surface area (Å²) in [6.07, 6.45) is 3.82. The Labute approximate surface area is 141 Å². The number of carbonyl (C=O) groups is 1. The van der Waals surface area contributed by atoms with Crippen molar-refractivity contribution >= 4 is 17.2 Å². The highest BCUT2D eigenvalue weighted by Crippen LogP contribution is 2.35. The van der Waals surface area contributed by atoms with Crippen LogP contribution < -0.4 is 0 Å². The fourth-order valence-electron chi connectivity index (χ4n) is 3.40. The van der Waals surface area contributed by atoms with Gasteiger partial charge in [0.1, 0.15) is 0 Å². The Hall–Kier alpha value is -1.65. The first kappa shape index (κ1) is 16.2. The van der Waals surface area contributed by atoms with Crippen LogP contribution in [0.5, 0.6) is 0 Å². The Morgan fingerprint density at radius 2 is 2.04 bits per heavy atom. The van der Waals surface area contributed by atoms with Gasteiger partial charge in [0.05, 0.1) is 11.5 Å². The van der Waals surface area contributed by atoms with Crippen molar-refractivity contribution in [2.45, 2.75) is 25.7 Å². The zero-order chi connectivity index (χ0) is 16.1. The Morgan fingerprint density at radius 1 is 1.22 bits per heavy atom. The summed E-state index contributed by atoms with van der Waals surface area (Å²) < 4.78 is 0. The molecule has 0 aliphatic carbocycles. The molecule has 1 atom stereocenters. The third-order valence-corrected chi connectivity index (χ3v) is 5.66. The van der Waals surface area contributed by atoms with Crippen LogP contribution in [-0.2, 0) is 6.42 Å². The minimum absolute atomic E-state index is 0.109. The molecule has 4 heteroatoms. The van der Waals surface area contributed by atoms with Crippen molar-refractivity contribution in [2.75, 3.05) is 19.7 Å². The molecule has 1 aliphatic heterocycles. The highest BCUT2D eigenvalue weighted by atomic mass is 32.1. The van der Waals surface area contributed by atoms with Crippen LogP contribution in [0.2, 0.25) is 0 Å². The topological polar surface area (TPSA) is 40.5 Å². The first-order chi connectivity index (χ1) is 11.2. The van der Waals surface area contributed by atoms with E-state index in [4.69, 9.17) is 0 Å². The Morgan fingerprint density at radius 3 is 2.74 bits per heavy atom. The van der Waals surface area contributed by atoms with Crippen LogP contribution in [0.3, 0.4) is 0 Å². The molecule has 3 nitrogen and oxygen atoms in total. The number of aliphatic hydroxyl groups excluding tert-OH is 1. The lowest BCUT2D eigenvalue weighted by Gasteiger charge is -2.42. The number of aryl methyl sites for hydroxylation is 1. The van der Waals surface area contributed by atoms with Crippen molar-refractivity contribution in [1.29, 1.82) is 0 Å². The summed E-state index contributed by atoms with van der Waals surface area (Å²) in [6, 6.07) is 14.2. The van der Waals surface area contributed by atoms with Crippen molar-refractivity contribution in [1.82, 2.24) is 4.90 Å². The molecule has 0 saturated carbocycles. The van der Waals surface area contributed by atoms with E-state index in [0.717, 1.165) is 37.1 Å². The summed E-state index contributed by atoms with van der Waals surface area (Å²) in [6.45, 7) is 1.60. The van der Waals surface area contributed by atoms with Gasteiger partial charge in [-0.05, 0) is 42.7 Å². The third kappa shape index (κ3) is 3.82. The SMILES string of the molecule is O=C(c1cccs1)N1CCC[C@@](CO)(CCc2ccccc2)C1. The van der Waals surface area contributed by atoms with E-state index in [1.165, 1.54) is 16.9 Å². The number of hydrogen-bond acceptors (Lipinski definition) is 3. The number of piperidine rings is 1. The molecule has 1 saturated heterocycles. The lowest BCUT2D eigenvalue weighted by molar-refractivity contribution is 0.0231. The van der Waals surface area contributed by atoms with E-state index in [9.17, 15) is 9.90 Å². The quantitative estimate of drug-likeness (QED) is 0.910. The maximum Gasteiger partial charge on any atom is 0.263 e. The van der Waals surface area contributed by atoms with Crippen molar-refractivity contribution in [2.24, 2.45) is 5.41 Å². The number of carbonyl (C=O) groups excluding carboxylic acids is 1. The molecule has 2 aromatic rings. The van der Waals surface area contributed by atoms with Crippen LogP contribution in [0.1, 0.15) is 34.5 Å². The number of thiophene rings is 1. The van der Waals surface area contributed by atoms with E-state index >= 15 is 0 Å². The summed E-state index contributed by atoms with van der Waals surface area (Å²) in [5.74, 6) is 0.109. The molecule has 0 bridgehead atoms. The summed E-state index contributed by atoms with van der Waals surface area (Å²) in [5.41, 5.74) is 1.13. The summed E-state index contributed by atoms with van der Waals surface area (Å²) in [4.78, 5) is 15.3. The van der Waals surface area contributed by atoms with Crippen molar-refractivity contribution < 1.29 is 9.90 Å². The van der Waals surface area contributed by atoms with Gasteiger partial charge >= 0.3 is 0 Å². The van der Waals surface area contributed by atoms with E-state index in [2.05, 4.69) is 24.3 Å². The van der Waals surface area contributed by atoms with Gasteiger partial charge in [-0.1, -0.05) is 36.4 Å². The van der Waals surface area contributed by atoms with E-state index in [0.29, 0.717) is 6.54 Å². The fraction of sp³-hybridized carbons (Fsp3) is 0.421. The molecular formula is C19H23NO2S. The molecule has 2 heterocycles. The van der Waals surface area contributed by atoms with Gasteiger partial charge in [-0.25, -0.2) is 0 Å². The van der Waals surface area contributed by atoms with Crippen LogP contribution in [-0.4, -0.2) is 35.6 Å². The number of amides is 1. The normalized spacial score (nSPS) is 21.3. The summed E-state index contributed by atoms with van der Waals surface area (Å²) in [5, 5.41) is 12.0. The van der Waals surface area contributed by atoms with Crippen LogP contribution in [0.15, 0.2) is 47.8 Å². The number of benzene rings is 1. The van der Waals surface area contributed by atoms with Crippen LogP contribution in [0.4, 0.5) is 0 Å². The molecule has 0 spiro atoms. The van der Waals surface area contributed by atoms with Crippen molar-refractivity contribution in [3.8, 4) is 0 Å². The minimum Gasteiger partial charge on any atom is -0.396 e. The largest absolute Gasteiger partial charge is 0.396 e. The highest BCUT2D eigenvalue weighted by molar-refractivity contribution is 7.12. The third-order valence-electron chi connectivity index (χ3n) is 4.80. The molecular weight excluding hydrogens is 306 g/mol. The monoisotopic (exact) mass is 329 g/mol. The van der Waals surface area contributed by atoms with Crippen LogP contribution >= 0.6 is 11.3 Å². The number of aliphatic hydroxyl groups is 1. The van der Waals surface area contributed by atoms with Gasteiger partial charge in [0.25, 0.3) is 5.91 Å². The van der Waals surface area contributed by atoms with Gasteiger partial charge in [0, 0.05) is 18.5 Å². The van der Waals surface area contributed by atoms with Gasteiger partial charge in [-0.2, -0.15) is 0 Å². The Kier molecular flexibility index (Phi) is 5.13. The molecule has 1 aromatic carbocycles. The minimum atomic E-state index is -0.166. The fourth-order valence-corrected chi connectivity index (χ4v) is 4.09. The molecule has 1 N–H and O–H groups in total. The number of likely N-dealkylation sites (tertiary alicyclic amines) is 1. The smallest absolute Gasteiger partial charge is 0.263 e. The van der Waals surface area contributed by atoms with Gasteiger partial charge in [0.2, 0.25) is 0 Å². The van der Waals surface area contributed by atoms with Gasteiger partial charge < -0.3 is 10.0 Å². The molecule has 23 heavy (non-hydrogen) atoms. The van der Waals surface area contributed by atoms with Crippen LogP contribution in [0.25, 0.3) is 0 Å². The standard InChI is InChI=1S/C19H23NO2S/c21-15-19(11-9-16-6-2-1-3-7-16)10-5-12-20(14-19)18(22)17-8-4-13-23-17/h1-4,6-8,13,21H,5,9-12,14-15H2/t19-/m1/s1. The maximum atomic E-state index is 12.6. The zero-order valence-corrected chi connectivity index (χ0v) is 14.1. The molecule has 0 radical (unpaired) electrons. The van der Waals surface area contributed by atoms with Gasteiger partial charge in [-0.15, -0.1) is 11.3 Å². The average Bonchev–Trinajstić information content (AvgIpc) is 3.15. The molecule has 1 aliphatic rings. The summed E-state index contributed by atoms with van der Waals surface area (Å²) in [7, 11) is 0. The number of rotatable bonds is 5. The molecule has 0 unspecified atom stereocenters. The van der Waals surface area contributed by atoms with Gasteiger partial charge in [-0.3, -0.25) is 4.79 Å². The van der Waals surface area contributed by atoms with Crippen molar-refractivity contribution in [3.63, 3.8) is 0 Å². The molecule has 3 rings (SSSR count). The Balaban J connectivity index is 1.67.